The van der Waals surface area contributed by atoms with Crippen LogP contribution in [0.25, 0.3) is 1.43 Å². The smallest absolute Gasteiger partial charge is 0.330 e. The molecule has 0 unspecified atom stereocenters. The van der Waals surface area contributed by atoms with Crippen molar-refractivity contribution in [1.82, 2.24) is 0 Å². The number of benzene rings is 1. The molecule has 1 aromatic rings. The number of phenolic OH excluding ortho intramolecular Hbond substituents is 1. The molecule has 70 valence electrons. The van der Waals surface area contributed by atoms with E-state index in [2.05, 4.69) is 11.7 Å². The van der Waals surface area contributed by atoms with Crippen molar-refractivity contribution in [1.29, 1.82) is 1.43 Å². The number of rotatable bonds is 1. The van der Waals surface area contributed by atoms with E-state index in [0.29, 0.717) is 5.75 Å². The van der Waals surface area contributed by atoms with Gasteiger partial charge in [0, 0.05) is 5.57 Å². The van der Waals surface area contributed by atoms with Gasteiger partial charge < -0.3 is 10.2 Å². The van der Waals surface area contributed by atoms with Gasteiger partial charge >= 0.3 is 5.97 Å². The fourth-order valence-electron chi connectivity index (χ4n) is 0.428. The van der Waals surface area contributed by atoms with Crippen LogP contribution in [0.3, 0.4) is 0 Å². The molecule has 3 heteroatoms. The number of aliphatic carboxylic acids is 1. The molecular weight excluding hydrogens is 168 g/mol. The summed E-state index contributed by atoms with van der Waals surface area (Å²) >= 11 is 0. The molecule has 13 heavy (non-hydrogen) atoms. The molecule has 0 radical (unpaired) electrons. The van der Waals surface area contributed by atoms with Crippen LogP contribution in [0.1, 0.15) is 6.92 Å². The number of carboxylic acid groups (broad SMARTS) is 1. The van der Waals surface area contributed by atoms with Crippen LogP contribution in [0.4, 0.5) is 0 Å². The molecule has 1 rings (SSSR count). The maximum atomic E-state index is 10.0. The first-order valence-electron chi connectivity index (χ1n) is 4.05. The molecule has 0 saturated heterocycles. The van der Waals surface area contributed by atoms with Crippen molar-refractivity contribution in [2.24, 2.45) is 0 Å². The van der Waals surface area contributed by atoms with E-state index in [0.717, 1.165) is 0 Å². The van der Waals surface area contributed by atoms with Crippen molar-refractivity contribution < 1.29 is 15.0 Å². The summed E-state index contributed by atoms with van der Waals surface area (Å²) in [7, 11) is 0. The summed E-state index contributed by atoms with van der Waals surface area (Å²) in [4.78, 5) is 10.0. The molecule has 0 amide bonds. The zero-order chi connectivity index (χ0) is 11.0. The van der Waals surface area contributed by atoms with Crippen LogP contribution >= 0.6 is 0 Å². The lowest BCUT2D eigenvalue weighted by atomic mass is 10.3. The molecule has 1 aromatic carbocycles. The first-order chi connectivity index (χ1) is 6.57. The normalized spacial score (nSPS) is 8.85. The highest BCUT2D eigenvalue weighted by molar-refractivity contribution is 5.84. The van der Waals surface area contributed by atoms with E-state index in [1.807, 2.05) is 6.07 Å². The van der Waals surface area contributed by atoms with Gasteiger partial charge in [0.2, 0.25) is 0 Å². The van der Waals surface area contributed by atoms with E-state index in [1.165, 1.54) is 6.92 Å². The molecule has 0 heterocycles. The summed E-state index contributed by atoms with van der Waals surface area (Å²) in [6, 6.07) is 8.71. The van der Waals surface area contributed by atoms with Crippen molar-refractivity contribution in [3.8, 4) is 5.75 Å². The number of hydrogen-bond acceptors (Lipinski definition) is 3. The maximum Gasteiger partial charge on any atom is 0.330 e. The topological polar surface area (TPSA) is 57.5 Å². The molecule has 0 fully saturated rings. The third-order valence-corrected chi connectivity index (χ3v) is 1.10. The summed E-state index contributed by atoms with van der Waals surface area (Å²) in [5, 5.41) is 12.2. The highest BCUT2D eigenvalue weighted by atomic mass is 16.4. The largest absolute Gasteiger partial charge is 0.508 e. The quantitative estimate of drug-likeness (QED) is 0.652. The van der Waals surface area contributed by atoms with Crippen molar-refractivity contribution in [2.45, 2.75) is 6.92 Å². The molecule has 0 aliphatic rings. The lowest BCUT2D eigenvalue weighted by Crippen LogP contribution is -1.92. The van der Waals surface area contributed by atoms with Gasteiger partial charge in [0.15, 0.2) is 0 Å². The standard InChI is InChI=1S/C6H6O.C4H6O2/c7-6-4-2-1-3-5-6;1-3(2)4(5)6/h1-5,7H;1H2,2H3,(H,5,6)/i/hD. The Kier molecular flexibility index (Phi) is 4.18. The van der Waals surface area contributed by atoms with Crippen LogP contribution in [0, 0.1) is 0 Å². The van der Waals surface area contributed by atoms with Gasteiger partial charge in [-0.25, -0.2) is 4.79 Å². The highest BCUT2D eigenvalue weighted by Crippen LogP contribution is 2.02. The second-order valence-electron chi connectivity index (χ2n) is 2.40. The number of para-hydroxylation sites is 1. The van der Waals surface area contributed by atoms with Crippen LogP contribution in [-0.2, 0) is 4.79 Å². The Hall–Kier alpha value is -1.77. The third-order valence-electron chi connectivity index (χ3n) is 1.10. The fourth-order valence-corrected chi connectivity index (χ4v) is 0.428. The minimum Gasteiger partial charge on any atom is -0.508 e. The van der Waals surface area contributed by atoms with E-state index in [4.69, 9.17) is 6.54 Å². The Labute approximate surface area is 78.4 Å². The zero-order valence-corrected chi connectivity index (χ0v) is 7.36. The van der Waals surface area contributed by atoms with Gasteiger partial charge in [0.25, 0.3) is 1.43 Å². The highest BCUT2D eigenvalue weighted by Gasteiger charge is 1.90. The summed E-state index contributed by atoms with van der Waals surface area (Å²) < 4.78 is 6.03. The minimum atomic E-state index is -0.681. The Morgan fingerprint density at radius 3 is 2.15 bits per heavy atom. The van der Waals surface area contributed by atoms with Crippen molar-refractivity contribution in [2.75, 3.05) is 0 Å². The average Bonchev–Trinajstić information content (AvgIpc) is 2.18. The second kappa shape index (κ2) is 5.83. The first kappa shape index (κ1) is 9.32. The summed E-state index contributed by atoms with van der Waals surface area (Å²) in [5.74, 6) is -0.359. The Bertz CT molecular complexity index is 295. The van der Waals surface area contributed by atoms with E-state index in [1.54, 1.807) is 24.3 Å². The summed E-state index contributed by atoms with van der Waals surface area (Å²) in [5.41, 5.74) is 0.245. The lowest BCUT2D eigenvalue weighted by Gasteiger charge is -1.82. The minimum absolute atomic E-state index is 0.245. The number of hydrogen-bond donors (Lipinski definition) is 2. The van der Waals surface area contributed by atoms with Gasteiger partial charge in [0.05, 0.1) is 0 Å². The average molecular weight is 181 g/mol. The predicted molar refractivity (Wildman–Crippen MR) is 50.6 cm³/mol. The second-order valence-corrected chi connectivity index (χ2v) is 2.40. The van der Waals surface area contributed by atoms with E-state index < -0.39 is 5.97 Å². The van der Waals surface area contributed by atoms with Gasteiger partial charge in [-0.2, -0.15) is 0 Å². The van der Waals surface area contributed by atoms with Gasteiger partial charge in [-0.1, -0.05) is 24.8 Å². The van der Waals surface area contributed by atoms with E-state index in [9.17, 15) is 4.79 Å². The zero-order valence-electron chi connectivity index (χ0n) is 8.36. The van der Waals surface area contributed by atoms with E-state index in [-0.39, 0.29) is 5.57 Å². The van der Waals surface area contributed by atoms with Gasteiger partial charge in [-0.15, -0.1) is 0 Å². The summed E-state index contributed by atoms with van der Waals surface area (Å²) in [6.07, 6.45) is 0. The lowest BCUT2D eigenvalue weighted by molar-refractivity contribution is -0.132. The molecule has 0 atom stereocenters. The molecule has 0 aliphatic carbocycles. The third kappa shape index (κ3) is 6.62. The molecule has 0 bridgehead atoms. The molecule has 2 N–H and O–H groups in total. The molecule has 0 spiro atoms. The van der Waals surface area contributed by atoms with Crippen molar-refractivity contribution in [3.63, 3.8) is 0 Å². The van der Waals surface area contributed by atoms with Gasteiger partial charge in [-0.3, -0.25) is 0 Å². The molecular formula is C10H12O3. The molecule has 3 nitrogen and oxygen atoms in total. The Morgan fingerprint density at radius 1 is 1.46 bits per heavy atom. The maximum absolute atomic E-state index is 10.0. The molecule has 0 aromatic heterocycles. The number of aromatic hydroxyl groups is 1. The number of phenols is 1. The Balaban J connectivity index is 0.000000241. The predicted octanol–water partition coefficient (Wildman–Crippen LogP) is 2.04. The molecule has 0 saturated carbocycles. The first-order valence-corrected chi connectivity index (χ1v) is 3.65. The van der Waals surface area contributed by atoms with Crippen LogP contribution in [0.15, 0.2) is 42.5 Å². The van der Waals surface area contributed by atoms with Crippen molar-refractivity contribution in [3.05, 3.63) is 42.5 Å². The van der Waals surface area contributed by atoms with Gasteiger partial charge in [0.1, 0.15) is 5.75 Å². The fraction of sp³-hybridized carbons (Fsp3) is 0.100. The number of carboxylic acids is 1. The monoisotopic (exact) mass is 181 g/mol. The SMILES string of the molecule is Oc1ccccc1.[2H]OC(=O)C(=C)C. The Morgan fingerprint density at radius 2 is 2.00 bits per heavy atom. The van der Waals surface area contributed by atoms with Crippen LogP contribution in [0.2, 0.25) is 0 Å². The van der Waals surface area contributed by atoms with Crippen molar-refractivity contribution >= 4 is 5.97 Å². The van der Waals surface area contributed by atoms with E-state index >= 15 is 0 Å². The van der Waals surface area contributed by atoms with Crippen LogP contribution < -0.4 is 0 Å². The van der Waals surface area contributed by atoms with Crippen LogP contribution in [0.5, 0.6) is 5.75 Å². The van der Waals surface area contributed by atoms with Crippen LogP contribution in [-0.4, -0.2) is 16.2 Å². The summed E-state index contributed by atoms with van der Waals surface area (Å²) in [6.45, 7) is 4.71. The molecule has 0 aliphatic heterocycles. The number of carbonyl (C=O) groups is 1. The van der Waals surface area contributed by atoms with Gasteiger partial charge in [-0.05, 0) is 19.1 Å².